The number of pyridine rings is 1. The van der Waals surface area contributed by atoms with E-state index in [0.717, 1.165) is 28.2 Å². The maximum atomic E-state index is 14.6. The van der Waals surface area contributed by atoms with Gasteiger partial charge in [0, 0.05) is 47.0 Å². The van der Waals surface area contributed by atoms with E-state index in [-0.39, 0.29) is 11.9 Å². The molecule has 0 bridgehead atoms. The Morgan fingerprint density at radius 3 is 2.84 bits per heavy atom. The van der Waals surface area contributed by atoms with Crippen molar-refractivity contribution in [2.75, 3.05) is 24.7 Å². The molecule has 1 aliphatic rings. The molecule has 38 heavy (non-hydrogen) atoms. The van der Waals surface area contributed by atoms with Crippen molar-refractivity contribution in [3.05, 3.63) is 71.7 Å². The standard InChI is InChI=1S/C28H25FN8O/c1-16-15-38-7-6-36(16)26-11-25(33-28(34-26)23-9-20(29)10-24-22(23)4-5-32-24)27-17(2)35-37(18(27)3)21-8-19(12-30)13-31-14-21/h4-5,8-11,13-14,16,32H,6-7,15H2,1-3H3/t16-/m1/s1. The predicted molar refractivity (Wildman–Crippen MR) is 141 cm³/mol. The minimum atomic E-state index is -0.365. The Morgan fingerprint density at radius 2 is 2.03 bits per heavy atom. The molecule has 10 heteroatoms. The third-order valence-electron chi connectivity index (χ3n) is 6.89. The monoisotopic (exact) mass is 508 g/mol. The lowest BCUT2D eigenvalue weighted by Crippen LogP contribution is -2.44. The Bertz CT molecular complexity index is 1720. The molecule has 0 unspecified atom stereocenters. The molecule has 4 aromatic heterocycles. The first-order valence-electron chi connectivity index (χ1n) is 12.4. The number of aromatic nitrogens is 6. The average Bonchev–Trinajstić information content (AvgIpc) is 3.51. The first-order chi connectivity index (χ1) is 18.4. The first-order valence-corrected chi connectivity index (χ1v) is 12.4. The normalized spacial score (nSPS) is 15.7. The zero-order chi connectivity index (χ0) is 26.4. The summed E-state index contributed by atoms with van der Waals surface area (Å²) in [4.78, 5) is 19.4. The molecule has 9 nitrogen and oxygen atoms in total. The van der Waals surface area contributed by atoms with E-state index in [2.05, 4.69) is 27.9 Å². The van der Waals surface area contributed by atoms with E-state index in [0.29, 0.717) is 53.6 Å². The highest BCUT2D eigenvalue weighted by atomic mass is 19.1. The van der Waals surface area contributed by atoms with Gasteiger partial charge in [0.2, 0.25) is 0 Å². The van der Waals surface area contributed by atoms with Crippen molar-refractivity contribution in [1.29, 1.82) is 5.26 Å². The van der Waals surface area contributed by atoms with Crippen LogP contribution < -0.4 is 4.90 Å². The van der Waals surface area contributed by atoms with Crippen molar-refractivity contribution in [2.45, 2.75) is 26.8 Å². The Balaban J connectivity index is 1.56. The van der Waals surface area contributed by atoms with E-state index in [1.165, 1.54) is 18.3 Å². The second-order valence-electron chi connectivity index (χ2n) is 9.45. The number of ether oxygens (including phenoxy) is 1. The van der Waals surface area contributed by atoms with Gasteiger partial charge in [-0.3, -0.25) is 4.98 Å². The fourth-order valence-electron chi connectivity index (χ4n) is 5.08. The van der Waals surface area contributed by atoms with Crippen LogP contribution in [0.2, 0.25) is 0 Å². The molecule has 5 heterocycles. The van der Waals surface area contributed by atoms with Gasteiger partial charge in [-0.25, -0.2) is 19.0 Å². The molecule has 1 fully saturated rings. The van der Waals surface area contributed by atoms with Gasteiger partial charge >= 0.3 is 0 Å². The highest BCUT2D eigenvalue weighted by Crippen LogP contribution is 2.34. The first kappa shape index (κ1) is 23.8. The maximum absolute atomic E-state index is 14.6. The summed E-state index contributed by atoms with van der Waals surface area (Å²) in [5.74, 6) is 0.809. The van der Waals surface area contributed by atoms with Crippen LogP contribution in [0.5, 0.6) is 0 Å². The highest BCUT2D eigenvalue weighted by Gasteiger charge is 2.25. The van der Waals surface area contributed by atoms with Crippen LogP contribution in [-0.4, -0.2) is 55.5 Å². The summed E-state index contributed by atoms with van der Waals surface area (Å²) in [6.45, 7) is 7.85. The number of aryl methyl sites for hydroxylation is 1. The van der Waals surface area contributed by atoms with Crippen LogP contribution in [0.1, 0.15) is 23.9 Å². The van der Waals surface area contributed by atoms with Gasteiger partial charge in [-0.05, 0) is 45.0 Å². The molecule has 0 radical (unpaired) electrons. The fraction of sp³-hybridized carbons (Fsp3) is 0.250. The van der Waals surface area contributed by atoms with Crippen LogP contribution >= 0.6 is 0 Å². The maximum Gasteiger partial charge on any atom is 0.162 e. The molecule has 5 aromatic rings. The van der Waals surface area contributed by atoms with E-state index >= 15 is 0 Å². The Kier molecular flexibility index (Phi) is 5.85. The highest BCUT2D eigenvalue weighted by molar-refractivity contribution is 5.94. The van der Waals surface area contributed by atoms with E-state index < -0.39 is 0 Å². The number of halogens is 1. The number of anilines is 1. The number of nitrogens with zero attached hydrogens (tertiary/aromatic N) is 7. The quantitative estimate of drug-likeness (QED) is 0.374. The molecular weight excluding hydrogens is 483 g/mol. The van der Waals surface area contributed by atoms with Crippen LogP contribution in [0.3, 0.4) is 0 Å². The van der Waals surface area contributed by atoms with Crippen LogP contribution in [-0.2, 0) is 4.74 Å². The number of nitriles is 1. The molecule has 1 aromatic carbocycles. The number of H-pyrrole nitrogens is 1. The third kappa shape index (κ3) is 4.07. The number of hydrogen-bond donors (Lipinski definition) is 1. The molecule has 1 N–H and O–H groups in total. The summed E-state index contributed by atoms with van der Waals surface area (Å²) in [6, 6.07) is 10.8. The summed E-state index contributed by atoms with van der Waals surface area (Å²) in [6.07, 6.45) is 4.97. The summed E-state index contributed by atoms with van der Waals surface area (Å²) in [5, 5.41) is 14.9. The van der Waals surface area contributed by atoms with Gasteiger partial charge in [0.1, 0.15) is 17.7 Å². The van der Waals surface area contributed by atoms with Gasteiger partial charge in [-0.2, -0.15) is 10.4 Å². The van der Waals surface area contributed by atoms with Gasteiger partial charge < -0.3 is 14.6 Å². The van der Waals surface area contributed by atoms with Gasteiger partial charge in [0.25, 0.3) is 0 Å². The van der Waals surface area contributed by atoms with Crippen molar-refractivity contribution in [2.24, 2.45) is 0 Å². The third-order valence-corrected chi connectivity index (χ3v) is 6.89. The van der Waals surface area contributed by atoms with Crippen LogP contribution in [0, 0.1) is 31.0 Å². The molecule has 0 aliphatic carbocycles. The Morgan fingerprint density at radius 1 is 1.16 bits per heavy atom. The van der Waals surface area contributed by atoms with Crippen molar-refractivity contribution in [3.8, 4) is 34.4 Å². The number of fused-ring (bicyclic) bond motifs is 1. The fourth-order valence-corrected chi connectivity index (χ4v) is 5.08. The van der Waals surface area contributed by atoms with E-state index in [9.17, 15) is 9.65 Å². The largest absolute Gasteiger partial charge is 0.377 e. The number of nitrogens with one attached hydrogen (secondary N) is 1. The van der Waals surface area contributed by atoms with Crippen molar-refractivity contribution < 1.29 is 9.13 Å². The van der Waals surface area contributed by atoms with Crippen LogP contribution in [0.4, 0.5) is 10.2 Å². The lowest BCUT2D eigenvalue weighted by Gasteiger charge is -2.34. The lowest BCUT2D eigenvalue weighted by atomic mass is 10.1. The summed E-state index contributed by atoms with van der Waals surface area (Å²) in [7, 11) is 0. The lowest BCUT2D eigenvalue weighted by molar-refractivity contribution is 0.0985. The second-order valence-corrected chi connectivity index (χ2v) is 9.45. The minimum absolute atomic E-state index is 0.115. The molecule has 1 saturated heterocycles. The molecule has 6 rings (SSSR count). The van der Waals surface area contributed by atoms with Crippen molar-refractivity contribution >= 4 is 16.7 Å². The number of benzene rings is 1. The van der Waals surface area contributed by atoms with Gasteiger partial charge in [-0.1, -0.05) is 0 Å². The molecular formula is C28H25FN8O. The number of morpholine rings is 1. The molecule has 190 valence electrons. The van der Waals surface area contributed by atoms with Gasteiger partial charge in [0.05, 0.1) is 53.8 Å². The second kappa shape index (κ2) is 9.36. The number of rotatable bonds is 4. The van der Waals surface area contributed by atoms with Crippen LogP contribution in [0.15, 0.2) is 48.9 Å². The van der Waals surface area contributed by atoms with E-state index in [1.54, 1.807) is 23.1 Å². The van der Waals surface area contributed by atoms with Gasteiger partial charge in [-0.15, -0.1) is 0 Å². The van der Waals surface area contributed by atoms with Crippen molar-refractivity contribution in [3.63, 3.8) is 0 Å². The molecule has 0 saturated carbocycles. The summed E-state index contributed by atoms with van der Waals surface area (Å²) in [5.41, 5.74) is 5.57. The topological polar surface area (TPSA) is 109 Å². The van der Waals surface area contributed by atoms with E-state index in [1.807, 2.05) is 26.0 Å². The van der Waals surface area contributed by atoms with Gasteiger partial charge in [0.15, 0.2) is 5.82 Å². The minimum Gasteiger partial charge on any atom is -0.377 e. The zero-order valence-corrected chi connectivity index (χ0v) is 21.2. The molecule has 1 aliphatic heterocycles. The Labute approximate surface area is 218 Å². The molecule has 1 atom stereocenters. The summed E-state index contributed by atoms with van der Waals surface area (Å²) >= 11 is 0. The predicted octanol–water partition coefficient (Wildman–Crippen LogP) is 4.73. The number of hydrogen-bond acceptors (Lipinski definition) is 7. The zero-order valence-electron chi connectivity index (χ0n) is 21.2. The number of aromatic amines is 1. The molecule has 0 amide bonds. The SMILES string of the molecule is Cc1nn(-c2cncc(C#N)c2)c(C)c1-c1cc(N2CCOC[C@H]2C)nc(-c2cc(F)cc3[nH]ccc23)n1. The summed E-state index contributed by atoms with van der Waals surface area (Å²) < 4.78 is 22.1. The van der Waals surface area contributed by atoms with Crippen molar-refractivity contribution in [1.82, 2.24) is 29.7 Å². The Hall–Kier alpha value is -4.62. The molecule has 0 spiro atoms. The van der Waals surface area contributed by atoms with E-state index in [4.69, 9.17) is 19.8 Å². The average molecular weight is 509 g/mol. The smallest absolute Gasteiger partial charge is 0.162 e. The van der Waals surface area contributed by atoms with Crippen LogP contribution in [0.25, 0.3) is 39.2 Å².